The molecule has 0 heterocycles. The van der Waals surface area contributed by atoms with Crippen molar-refractivity contribution in [3.63, 3.8) is 0 Å². The van der Waals surface area contributed by atoms with Crippen LogP contribution >= 0.6 is 0 Å². The normalized spacial score (nSPS) is 30.4. The minimum atomic E-state index is 0.350. The van der Waals surface area contributed by atoms with E-state index in [1.165, 1.54) is 44.9 Å². The molecule has 0 bridgehead atoms. The lowest BCUT2D eigenvalue weighted by atomic mass is 9.71. The first kappa shape index (κ1) is 12.0. The molecule has 89 valence electrons. The molecule has 16 heavy (non-hydrogen) atoms. The summed E-state index contributed by atoms with van der Waals surface area (Å²) in [7, 11) is 0. The van der Waals surface area contributed by atoms with E-state index in [4.69, 9.17) is 0 Å². The average Bonchev–Trinajstić information content (AvgIpc) is 2.58. The van der Waals surface area contributed by atoms with Crippen molar-refractivity contribution in [3.8, 4) is 0 Å². The highest BCUT2D eigenvalue weighted by atomic mass is 14.4. The monoisotopic (exact) mass is 217 g/mol. The molecular formula is C16H25. The first-order chi connectivity index (χ1) is 7.70. The lowest BCUT2D eigenvalue weighted by molar-refractivity contribution is 0.340. The van der Waals surface area contributed by atoms with Gasteiger partial charge in [-0.3, -0.25) is 0 Å². The zero-order chi connectivity index (χ0) is 11.4. The highest BCUT2D eigenvalue weighted by Gasteiger charge is 2.31. The molecule has 1 atom stereocenters. The van der Waals surface area contributed by atoms with Crippen LogP contribution in [0.2, 0.25) is 0 Å². The van der Waals surface area contributed by atoms with Gasteiger partial charge in [-0.15, -0.1) is 0 Å². The van der Waals surface area contributed by atoms with Crippen molar-refractivity contribution in [2.75, 3.05) is 0 Å². The summed E-state index contributed by atoms with van der Waals surface area (Å²) >= 11 is 0. The van der Waals surface area contributed by atoms with E-state index in [1.807, 2.05) is 0 Å². The molecule has 0 heteroatoms. The summed E-state index contributed by atoms with van der Waals surface area (Å²) in [6.07, 6.45) is 19.2. The lowest BCUT2D eigenvalue weighted by Crippen LogP contribution is -2.24. The van der Waals surface area contributed by atoms with Gasteiger partial charge in [0.05, 0.1) is 0 Å². The fourth-order valence-corrected chi connectivity index (χ4v) is 3.08. The molecule has 0 saturated carbocycles. The van der Waals surface area contributed by atoms with Crippen molar-refractivity contribution in [2.45, 2.75) is 58.8 Å². The molecule has 0 nitrogen and oxygen atoms in total. The van der Waals surface area contributed by atoms with Crippen LogP contribution in [-0.4, -0.2) is 0 Å². The van der Waals surface area contributed by atoms with Gasteiger partial charge in [0.25, 0.3) is 0 Å². The standard InChI is InChI=1S/C16H25/c1-16(2)13-9-5-8-12-15(16)14-10-6-3-4-7-11-14/h8,10,12-13,15H,3-7,9,11H2,1-2H3. The van der Waals surface area contributed by atoms with Gasteiger partial charge < -0.3 is 0 Å². The van der Waals surface area contributed by atoms with E-state index in [0.29, 0.717) is 11.3 Å². The Hall–Kier alpha value is -0.520. The van der Waals surface area contributed by atoms with Gasteiger partial charge in [0.15, 0.2) is 0 Å². The maximum atomic E-state index is 2.53. The van der Waals surface area contributed by atoms with Gasteiger partial charge in [0.1, 0.15) is 0 Å². The molecule has 1 radical (unpaired) electrons. The van der Waals surface area contributed by atoms with Gasteiger partial charge in [-0.05, 0) is 50.4 Å². The van der Waals surface area contributed by atoms with Gasteiger partial charge in [-0.25, -0.2) is 0 Å². The van der Waals surface area contributed by atoms with E-state index in [9.17, 15) is 0 Å². The quantitative estimate of drug-likeness (QED) is 0.538. The molecule has 2 rings (SSSR count). The predicted molar refractivity (Wildman–Crippen MR) is 71.1 cm³/mol. The molecule has 0 saturated heterocycles. The Morgan fingerprint density at radius 3 is 2.81 bits per heavy atom. The third-order valence-electron chi connectivity index (χ3n) is 4.11. The predicted octanol–water partition coefficient (Wildman–Crippen LogP) is 5.07. The van der Waals surface area contributed by atoms with Crippen LogP contribution in [0, 0.1) is 17.8 Å². The van der Waals surface area contributed by atoms with E-state index in [2.05, 4.69) is 38.5 Å². The minimum absolute atomic E-state index is 0.350. The maximum Gasteiger partial charge on any atom is 0.00307 e. The first-order valence-corrected chi connectivity index (χ1v) is 6.90. The zero-order valence-electron chi connectivity index (χ0n) is 10.8. The summed E-state index contributed by atoms with van der Waals surface area (Å²) in [5.74, 6) is 0.660. The van der Waals surface area contributed by atoms with Crippen LogP contribution in [0.5, 0.6) is 0 Å². The summed E-state index contributed by atoms with van der Waals surface area (Å²) in [5, 5.41) is 0. The summed E-state index contributed by atoms with van der Waals surface area (Å²) in [6.45, 7) is 4.80. The van der Waals surface area contributed by atoms with E-state index in [0.717, 1.165) is 0 Å². The smallest absolute Gasteiger partial charge is 0.00307 e. The van der Waals surface area contributed by atoms with Gasteiger partial charge in [0.2, 0.25) is 0 Å². The molecule has 1 unspecified atom stereocenters. The van der Waals surface area contributed by atoms with Crippen LogP contribution < -0.4 is 0 Å². The molecule has 0 N–H and O–H groups in total. The summed E-state index contributed by atoms with van der Waals surface area (Å²) in [5.41, 5.74) is 2.06. The second kappa shape index (κ2) is 5.21. The molecule has 0 amide bonds. The van der Waals surface area contributed by atoms with E-state index in [1.54, 1.807) is 5.57 Å². The van der Waals surface area contributed by atoms with Crippen molar-refractivity contribution >= 4 is 0 Å². The van der Waals surface area contributed by atoms with Crippen molar-refractivity contribution in [2.24, 2.45) is 11.3 Å². The van der Waals surface area contributed by atoms with Crippen LogP contribution in [0.1, 0.15) is 58.8 Å². The fourth-order valence-electron chi connectivity index (χ4n) is 3.08. The first-order valence-electron chi connectivity index (χ1n) is 6.90. The summed E-state index contributed by atoms with van der Waals surface area (Å²) < 4.78 is 0. The average molecular weight is 217 g/mol. The molecule has 2 aliphatic carbocycles. The summed E-state index contributed by atoms with van der Waals surface area (Å²) in [4.78, 5) is 0. The molecule has 2 aliphatic rings. The second-order valence-corrected chi connectivity index (χ2v) is 5.89. The van der Waals surface area contributed by atoms with Crippen LogP contribution in [0.3, 0.4) is 0 Å². The van der Waals surface area contributed by atoms with Crippen molar-refractivity contribution in [1.82, 2.24) is 0 Å². The molecule has 0 spiro atoms. The van der Waals surface area contributed by atoms with E-state index < -0.39 is 0 Å². The second-order valence-electron chi connectivity index (χ2n) is 5.89. The van der Waals surface area contributed by atoms with Crippen molar-refractivity contribution in [1.29, 1.82) is 0 Å². The Morgan fingerprint density at radius 1 is 1.06 bits per heavy atom. The Morgan fingerprint density at radius 2 is 1.94 bits per heavy atom. The van der Waals surface area contributed by atoms with Crippen molar-refractivity contribution < 1.29 is 0 Å². The van der Waals surface area contributed by atoms with E-state index >= 15 is 0 Å². The highest BCUT2D eigenvalue weighted by molar-refractivity contribution is 5.21. The molecule has 0 aromatic heterocycles. The molecule has 0 aliphatic heterocycles. The Balaban J connectivity index is 2.18. The maximum absolute atomic E-state index is 2.53. The topological polar surface area (TPSA) is 0 Å². The third kappa shape index (κ3) is 2.78. The van der Waals surface area contributed by atoms with Gasteiger partial charge in [0, 0.05) is 5.92 Å². The van der Waals surface area contributed by atoms with Crippen molar-refractivity contribution in [3.05, 3.63) is 30.2 Å². The number of allylic oxidation sites excluding steroid dienone is 4. The number of hydrogen-bond donors (Lipinski definition) is 0. The van der Waals surface area contributed by atoms with E-state index in [-0.39, 0.29) is 0 Å². The van der Waals surface area contributed by atoms with Crippen LogP contribution in [0.15, 0.2) is 23.8 Å². The van der Waals surface area contributed by atoms with Crippen LogP contribution in [0.25, 0.3) is 0 Å². The lowest BCUT2D eigenvalue weighted by Gasteiger charge is -2.33. The third-order valence-corrected chi connectivity index (χ3v) is 4.11. The zero-order valence-corrected chi connectivity index (χ0v) is 10.8. The van der Waals surface area contributed by atoms with Gasteiger partial charge in [-0.1, -0.05) is 44.1 Å². The number of rotatable bonds is 1. The minimum Gasteiger partial charge on any atom is -0.0879 e. The summed E-state index contributed by atoms with van der Waals surface area (Å²) in [6, 6.07) is 0. The fraction of sp³-hybridized carbons (Fsp3) is 0.688. The Bertz CT molecular complexity index is 280. The molecule has 0 aromatic rings. The van der Waals surface area contributed by atoms with Crippen LogP contribution in [0.4, 0.5) is 0 Å². The van der Waals surface area contributed by atoms with Crippen LogP contribution in [-0.2, 0) is 0 Å². The molecule has 0 aromatic carbocycles. The Labute approximate surface area is 101 Å². The molecular weight excluding hydrogens is 192 g/mol. The SMILES string of the molecule is CC1(C)[CH]CCC=CC1C1=CCCCCC1. The largest absolute Gasteiger partial charge is 0.0879 e. The molecule has 0 fully saturated rings. The Kier molecular flexibility index (Phi) is 3.89. The number of hydrogen-bond acceptors (Lipinski definition) is 0. The van der Waals surface area contributed by atoms with Gasteiger partial charge in [-0.2, -0.15) is 0 Å². The highest BCUT2D eigenvalue weighted by Crippen LogP contribution is 2.41. The van der Waals surface area contributed by atoms with Gasteiger partial charge >= 0.3 is 0 Å².